The summed E-state index contributed by atoms with van der Waals surface area (Å²) in [5, 5.41) is 8.64. The van der Waals surface area contributed by atoms with Gasteiger partial charge in [-0.3, -0.25) is 9.69 Å². The van der Waals surface area contributed by atoms with Crippen LogP contribution in [0.3, 0.4) is 0 Å². The highest BCUT2D eigenvalue weighted by molar-refractivity contribution is 5.97. The van der Waals surface area contributed by atoms with Gasteiger partial charge >= 0.3 is 0 Å². The van der Waals surface area contributed by atoms with Crippen LogP contribution in [0.1, 0.15) is 29.6 Å². The molecule has 1 aromatic carbocycles. The van der Waals surface area contributed by atoms with Crippen molar-refractivity contribution in [3.63, 3.8) is 0 Å². The minimum Gasteiger partial charge on any atom is -0.396 e. The Morgan fingerprint density at radius 2 is 2.00 bits per heavy atom. The number of hydrogen-bond acceptors (Lipinski definition) is 3. The molecule has 0 aromatic heterocycles. The van der Waals surface area contributed by atoms with Gasteiger partial charge in [-0.2, -0.15) is 0 Å². The molecule has 0 aliphatic rings. The summed E-state index contributed by atoms with van der Waals surface area (Å²) >= 11 is 0. The zero-order valence-corrected chi connectivity index (χ0v) is 11.0. The van der Waals surface area contributed by atoms with Gasteiger partial charge < -0.3 is 5.11 Å². The fourth-order valence-electron chi connectivity index (χ4n) is 1.80. The van der Waals surface area contributed by atoms with Gasteiger partial charge in [-0.1, -0.05) is 0 Å². The third kappa shape index (κ3) is 5.44. The number of carbonyl (C=O) groups excluding carboxylic acids is 1. The van der Waals surface area contributed by atoms with Gasteiger partial charge in [0.2, 0.25) is 0 Å². The smallest absolute Gasteiger partial charge is 0.179 e. The first-order chi connectivity index (χ1) is 9.04. The molecule has 0 heterocycles. The van der Waals surface area contributed by atoms with Crippen LogP contribution in [0.4, 0.5) is 8.78 Å². The van der Waals surface area contributed by atoms with E-state index < -0.39 is 11.6 Å². The van der Waals surface area contributed by atoms with Gasteiger partial charge in [0.1, 0.15) is 11.6 Å². The van der Waals surface area contributed by atoms with Crippen LogP contribution in [0.5, 0.6) is 0 Å². The number of Topliss-reactive ketones (excluding diaryl/α,β-unsaturated/α-hetero) is 1. The lowest BCUT2D eigenvalue weighted by Crippen LogP contribution is -2.27. The molecule has 0 aliphatic carbocycles. The molecule has 1 aromatic rings. The van der Waals surface area contributed by atoms with E-state index >= 15 is 0 Å². The molecule has 0 saturated heterocycles. The second-order valence-electron chi connectivity index (χ2n) is 4.57. The molecule has 0 radical (unpaired) electrons. The van der Waals surface area contributed by atoms with Crippen molar-refractivity contribution >= 4 is 5.78 Å². The first-order valence-corrected chi connectivity index (χ1v) is 6.32. The summed E-state index contributed by atoms with van der Waals surface area (Å²) in [7, 11) is 1.78. The lowest BCUT2D eigenvalue weighted by atomic mass is 10.1. The van der Waals surface area contributed by atoms with E-state index in [-0.39, 0.29) is 24.5 Å². The molecule has 0 bridgehead atoms. The number of ketones is 1. The van der Waals surface area contributed by atoms with Crippen molar-refractivity contribution in [2.45, 2.75) is 19.3 Å². The van der Waals surface area contributed by atoms with Crippen LogP contribution >= 0.6 is 0 Å². The number of aliphatic hydroxyl groups is 1. The number of likely N-dealkylation sites (N-methyl/N-ethyl adjacent to an activating group) is 1. The van der Waals surface area contributed by atoms with Crippen molar-refractivity contribution in [2.24, 2.45) is 0 Å². The fourth-order valence-corrected chi connectivity index (χ4v) is 1.80. The van der Waals surface area contributed by atoms with Crippen LogP contribution in [-0.2, 0) is 0 Å². The minimum atomic E-state index is -0.821. The number of rotatable bonds is 8. The number of carbonyl (C=O) groups is 1. The molecular weight excluding hydrogens is 252 g/mol. The van der Waals surface area contributed by atoms with Gasteiger partial charge in [0.05, 0.1) is 12.1 Å². The molecule has 3 nitrogen and oxygen atoms in total. The summed E-state index contributed by atoms with van der Waals surface area (Å²) in [6, 6.07) is 2.97. The third-order valence-corrected chi connectivity index (χ3v) is 2.84. The average molecular weight is 271 g/mol. The van der Waals surface area contributed by atoms with Crippen LogP contribution < -0.4 is 0 Å². The maximum absolute atomic E-state index is 13.4. The fraction of sp³-hybridized carbons (Fsp3) is 0.500. The molecular formula is C14H19F2NO2. The molecule has 1 rings (SSSR count). The number of hydrogen-bond donors (Lipinski definition) is 1. The van der Waals surface area contributed by atoms with Crippen LogP contribution in [0, 0.1) is 11.6 Å². The Hall–Kier alpha value is -1.33. The second-order valence-corrected chi connectivity index (χ2v) is 4.57. The van der Waals surface area contributed by atoms with E-state index in [0.717, 1.165) is 25.3 Å². The molecule has 0 saturated carbocycles. The molecule has 0 aliphatic heterocycles. The summed E-state index contributed by atoms with van der Waals surface area (Å²) in [5.41, 5.74) is -0.0800. The summed E-state index contributed by atoms with van der Waals surface area (Å²) in [6.45, 7) is 0.972. The number of halogens is 2. The molecule has 0 unspecified atom stereocenters. The van der Waals surface area contributed by atoms with Gasteiger partial charge in [0, 0.05) is 12.7 Å². The zero-order valence-electron chi connectivity index (χ0n) is 11.0. The maximum Gasteiger partial charge on any atom is 0.179 e. The SMILES string of the molecule is CN(CCCCCO)CC(=O)c1ccc(F)cc1F. The van der Waals surface area contributed by atoms with Gasteiger partial charge in [-0.15, -0.1) is 0 Å². The van der Waals surface area contributed by atoms with E-state index in [2.05, 4.69) is 0 Å². The molecule has 19 heavy (non-hydrogen) atoms. The summed E-state index contributed by atoms with van der Waals surface area (Å²) in [5.74, 6) is -1.87. The Labute approximate surface area is 111 Å². The number of unbranched alkanes of at least 4 members (excludes halogenated alkanes) is 2. The van der Waals surface area contributed by atoms with Crippen molar-refractivity contribution in [3.8, 4) is 0 Å². The lowest BCUT2D eigenvalue weighted by molar-refractivity contribution is 0.0941. The molecule has 0 fully saturated rings. The van der Waals surface area contributed by atoms with Crippen LogP contribution in [0.25, 0.3) is 0 Å². The highest BCUT2D eigenvalue weighted by Gasteiger charge is 2.14. The Bertz CT molecular complexity index is 424. The monoisotopic (exact) mass is 271 g/mol. The standard InChI is InChI=1S/C14H19F2NO2/c1-17(7-3-2-4-8-18)10-14(19)12-6-5-11(15)9-13(12)16/h5-6,9,18H,2-4,7-8,10H2,1H3. The Balaban J connectivity index is 2.45. The van der Waals surface area contributed by atoms with Crippen LogP contribution in [-0.4, -0.2) is 42.5 Å². The number of benzene rings is 1. The molecule has 0 atom stereocenters. The largest absolute Gasteiger partial charge is 0.396 e. The quantitative estimate of drug-likeness (QED) is 0.582. The molecule has 1 N–H and O–H groups in total. The molecule has 106 valence electrons. The Morgan fingerprint density at radius 3 is 2.63 bits per heavy atom. The lowest BCUT2D eigenvalue weighted by Gasteiger charge is -2.15. The normalized spacial score (nSPS) is 11.0. The topological polar surface area (TPSA) is 40.5 Å². The van der Waals surface area contributed by atoms with Gasteiger partial charge in [0.15, 0.2) is 5.78 Å². The van der Waals surface area contributed by atoms with Gasteiger partial charge in [-0.05, 0) is 45.0 Å². The zero-order chi connectivity index (χ0) is 14.3. The van der Waals surface area contributed by atoms with E-state index in [9.17, 15) is 13.6 Å². The Kier molecular flexibility index (Phi) is 6.59. The van der Waals surface area contributed by atoms with Gasteiger partial charge in [0.25, 0.3) is 0 Å². The molecule has 5 heteroatoms. The first kappa shape index (κ1) is 15.7. The highest BCUT2D eigenvalue weighted by Crippen LogP contribution is 2.11. The van der Waals surface area contributed by atoms with Crippen molar-refractivity contribution in [1.82, 2.24) is 4.90 Å². The van der Waals surface area contributed by atoms with Crippen molar-refractivity contribution < 1.29 is 18.7 Å². The predicted molar refractivity (Wildman–Crippen MR) is 69.1 cm³/mol. The second kappa shape index (κ2) is 7.96. The molecule has 0 spiro atoms. The van der Waals surface area contributed by atoms with E-state index in [1.807, 2.05) is 0 Å². The number of nitrogens with zero attached hydrogens (tertiary/aromatic N) is 1. The van der Waals surface area contributed by atoms with E-state index in [4.69, 9.17) is 5.11 Å². The molecule has 0 amide bonds. The van der Waals surface area contributed by atoms with E-state index in [0.29, 0.717) is 12.6 Å². The Morgan fingerprint density at radius 1 is 1.26 bits per heavy atom. The predicted octanol–water partition coefficient (Wildman–Crippen LogP) is 2.24. The summed E-state index contributed by atoms with van der Waals surface area (Å²) in [4.78, 5) is 13.6. The van der Waals surface area contributed by atoms with Crippen molar-refractivity contribution in [2.75, 3.05) is 26.7 Å². The summed E-state index contributed by atoms with van der Waals surface area (Å²) in [6.07, 6.45) is 2.50. The number of aliphatic hydroxyl groups excluding tert-OH is 1. The minimum absolute atomic E-state index is 0.0800. The van der Waals surface area contributed by atoms with Crippen molar-refractivity contribution in [1.29, 1.82) is 0 Å². The van der Waals surface area contributed by atoms with E-state index in [1.165, 1.54) is 6.07 Å². The summed E-state index contributed by atoms with van der Waals surface area (Å²) < 4.78 is 26.1. The third-order valence-electron chi connectivity index (χ3n) is 2.84. The van der Waals surface area contributed by atoms with Crippen LogP contribution in [0.2, 0.25) is 0 Å². The van der Waals surface area contributed by atoms with Crippen LogP contribution in [0.15, 0.2) is 18.2 Å². The average Bonchev–Trinajstić information content (AvgIpc) is 2.34. The van der Waals surface area contributed by atoms with Gasteiger partial charge in [-0.25, -0.2) is 8.78 Å². The van der Waals surface area contributed by atoms with Crippen molar-refractivity contribution in [3.05, 3.63) is 35.4 Å². The maximum atomic E-state index is 13.4. The van der Waals surface area contributed by atoms with E-state index in [1.54, 1.807) is 11.9 Å². The highest BCUT2D eigenvalue weighted by atomic mass is 19.1. The first-order valence-electron chi connectivity index (χ1n) is 6.32.